The fraction of sp³-hybridized carbons (Fsp3) is 0. The van der Waals surface area contributed by atoms with E-state index >= 15 is 0 Å². The smallest absolute Gasteiger partial charge is 0 e. The molecule has 0 aliphatic rings. The van der Waals surface area contributed by atoms with Gasteiger partial charge in [0, 0.05) is 21.7 Å². The Balaban J connectivity index is -0.000000120. The molecule has 0 saturated heterocycles. The van der Waals surface area contributed by atoms with Crippen molar-refractivity contribution >= 4 is 24.8 Å². The quantitative estimate of drug-likeness (QED) is 0.563. The van der Waals surface area contributed by atoms with Crippen LogP contribution in [-0.2, 0) is 21.7 Å². The molecule has 0 saturated carbocycles. The molecule has 0 aliphatic heterocycles. The van der Waals surface area contributed by atoms with Crippen LogP contribution in [0.2, 0.25) is 0 Å². The largest absolute Gasteiger partial charge is 0.147 e. The summed E-state index contributed by atoms with van der Waals surface area (Å²) in [4.78, 5) is 0. The van der Waals surface area contributed by atoms with Crippen LogP contribution >= 0.6 is 24.8 Å². The molecule has 0 unspecified atom stereocenters. The SMILES string of the molecule is Cl.Cl.[Ti].c1ccccc1. The fourth-order valence-electron chi connectivity index (χ4n) is 0.385. The first kappa shape index (κ1) is 16.3. The van der Waals surface area contributed by atoms with Gasteiger partial charge in [-0.1, -0.05) is 36.4 Å². The van der Waals surface area contributed by atoms with E-state index in [1.54, 1.807) is 0 Å². The predicted octanol–water partition coefficient (Wildman–Crippen LogP) is 2.53. The third kappa shape index (κ3) is 8.51. The van der Waals surface area contributed by atoms with E-state index in [1.807, 2.05) is 36.4 Å². The van der Waals surface area contributed by atoms with E-state index in [4.69, 9.17) is 0 Å². The second-order valence-electron chi connectivity index (χ2n) is 1.15. The van der Waals surface area contributed by atoms with Crippen LogP contribution in [0.15, 0.2) is 36.4 Å². The van der Waals surface area contributed by atoms with Crippen molar-refractivity contribution in [1.82, 2.24) is 0 Å². The first-order chi connectivity index (χ1) is 3.00. The average molecular weight is 199 g/mol. The summed E-state index contributed by atoms with van der Waals surface area (Å²) in [5, 5.41) is 0. The molecule has 1 rings (SSSR count). The Bertz CT molecular complexity index is 83.0. The van der Waals surface area contributed by atoms with Crippen LogP contribution in [-0.4, -0.2) is 0 Å². The molecule has 1 aromatic rings. The maximum absolute atomic E-state index is 2.00. The summed E-state index contributed by atoms with van der Waals surface area (Å²) in [6.45, 7) is 0. The third-order valence-electron chi connectivity index (χ3n) is 0.667. The third-order valence-corrected chi connectivity index (χ3v) is 0.667. The molecule has 9 heavy (non-hydrogen) atoms. The molecular weight excluding hydrogens is 191 g/mol. The van der Waals surface area contributed by atoms with Crippen LogP contribution in [0.4, 0.5) is 0 Å². The molecule has 1 aromatic carbocycles. The molecular formula is C6H8Cl2Ti. The Morgan fingerprint density at radius 2 is 0.556 bits per heavy atom. The van der Waals surface area contributed by atoms with Crippen molar-refractivity contribution < 1.29 is 21.7 Å². The molecule has 0 bridgehead atoms. The van der Waals surface area contributed by atoms with Gasteiger partial charge in [-0.3, -0.25) is 0 Å². The molecule has 0 radical (unpaired) electrons. The van der Waals surface area contributed by atoms with Crippen molar-refractivity contribution in [2.45, 2.75) is 0 Å². The van der Waals surface area contributed by atoms with Gasteiger partial charge in [0.25, 0.3) is 0 Å². The maximum Gasteiger partial charge on any atom is 0 e. The summed E-state index contributed by atoms with van der Waals surface area (Å²) >= 11 is 0. The number of hydrogen-bond donors (Lipinski definition) is 0. The molecule has 50 valence electrons. The van der Waals surface area contributed by atoms with Gasteiger partial charge in [0.15, 0.2) is 0 Å². The minimum absolute atomic E-state index is 0. The zero-order valence-electron chi connectivity index (χ0n) is 4.78. The van der Waals surface area contributed by atoms with Crippen molar-refractivity contribution in [2.24, 2.45) is 0 Å². The topological polar surface area (TPSA) is 0 Å². The van der Waals surface area contributed by atoms with Crippen molar-refractivity contribution in [1.29, 1.82) is 0 Å². The maximum atomic E-state index is 2.00. The minimum atomic E-state index is 0. The summed E-state index contributed by atoms with van der Waals surface area (Å²) in [6, 6.07) is 12.0. The zero-order valence-corrected chi connectivity index (χ0v) is 7.98. The van der Waals surface area contributed by atoms with Crippen LogP contribution in [0.25, 0.3) is 0 Å². The van der Waals surface area contributed by atoms with Gasteiger partial charge >= 0.3 is 0 Å². The Labute approximate surface area is 82.7 Å². The summed E-state index contributed by atoms with van der Waals surface area (Å²) in [5.74, 6) is 0. The fourth-order valence-corrected chi connectivity index (χ4v) is 0.385. The summed E-state index contributed by atoms with van der Waals surface area (Å²) < 4.78 is 0. The Kier molecular flexibility index (Phi) is 20.5. The van der Waals surface area contributed by atoms with Crippen molar-refractivity contribution in [3.63, 3.8) is 0 Å². The van der Waals surface area contributed by atoms with Crippen molar-refractivity contribution in [3.8, 4) is 0 Å². The van der Waals surface area contributed by atoms with Crippen molar-refractivity contribution in [3.05, 3.63) is 36.4 Å². The van der Waals surface area contributed by atoms with Gasteiger partial charge in [-0.15, -0.1) is 24.8 Å². The van der Waals surface area contributed by atoms with Crippen LogP contribution in [0.1, 0.15) is 0 Å². The van der Waals surface area contributed by atoms with Gasteiger partial charge in [-0.05, 0) is 0 Å². The molecule has 0 heterocycles. The average Bonchev–Trinajstić information content (AvgIpc) is 1.72. The number of benzene rings is 1. The monoisotopic (exact) mass is 198 g/mol. The Hall–Kier alpha value is 0.514. The predicted molar refractivity (Wildman–Crippen MR) is 40.9 cm³/mol. The van der Waals surface area contributed by atoms with Gasteiger partial charge in [-0.25, -0.2) is 0 Å². The zero-order chi connectivity index (χ0) is 4.24. The van der Waals surface area contributed by atoms with Gasteiger partial charge in [0.2, 0.25) is 0 Å². The first-order valence-corrected chi connectivity index (χ1v) is 2.00. The van der Waals surface area contributed by atoms with Gasteiger partial charge < -0.3 is 0 Å². The molecule has 0 N–H and O–H groups in total. The molecule has 0 nitrogen and oxygen atoms in total. The Morgan fingerprint density at radius 3 is 0.667 bits per heavy atom. The number of hydrogen-bond acceptors (Lipinski definition) is 0. The molecule has 0 aromatic heterocycles. The van der Waals surface area contributed by atoms with Crippen LogP contribution in [0, 0.1) is 0 Å². The van der Waals surface area contributed by atoms with E-state index in [0.717, 1.165) is 0 Å². The number of rotatable bonds is 0. The van der Waals surface area contributed by atoms with Crippen LogP contribution in [0.5, 0.6) is 0 Å². The molecule has 0 amide bonds. The summed E-state index contributed by atoms with van der Waals surface area (Å²) in [6.07, 6.45) is 0. The molecule has 0 atom stereocenters. The normalized spacial score (nSPS) is 5.33. The minimum Gasteiger partial charge on any atom is -0.147 e. The molecule has 3 heteroatoms. The summed E-state index contributed by atoms with van der Waals surface area (Å²) in [7, 11) is 0. The van der Waals surface area contributed by atoms with E-state index in [2.05, 4.69) is 0 Å². The second kappa shape index (κ2) is 11.3. The van der Waals surface area contributed by atoms with Gasteiger partial charge in [0.1, 0.15) is 0 Å². The van der Waals surface area contributed by atoms with E-state index in [0.29, 0.717) is 0 Å². The van der Waals surface area contributed by atoms with Crippen molar-refractivity contribution in [2.75, 3.05) is 0 Å². The van der Waals surface area contributed by atoms with Crippen LogP contribution < -0.4 is 0 Å². The van der Waals surface area contributed by atoms with E-state index < -0.39 is 0 Å². The van der Waals surface area contributed by atoms with Gasteiger partial charge in [0.05, 0.1) is 0 Å². The van der Waals surface area contributed by atoms with E-state index in [9.17, 15) is 0 Å². The van der Waals surface area contributed by atoms with Gasteiger partial charge in [-0.2, -0.15) is 0 Å². The van der Waals surface area contributed by atoms with E-state index in [-0.39, 0.29) is 46.5 Å². The van der Waals surface area contributed by atoms with Crippen LogP contribution in [0.3, 0.4) is 0 Å². The number of halogens is 2. The molecule has 0 spiro atoms. The molecule has 0 fully saturated rings. The standard InChI is InChI=1S/C6H6.2ClH.Ti/c1-2-4-6-5-3-1;;;/h1-6H;2*1H;. The summed E-state index contributed by atoms with van der Waals surface area (Å²) in [5.41, 5.74) is 0. The second-order valence-corrected chi connectivity index (χ2v) is 1.15. The Morgan fingerprint density at radius 1 is 0.444 bits per heavy atom. The molecule has 0 aliphatic carbocycles. The first-order valence-electron chi connectivity index (χ1n) is 2.00. The van der Waals surface area contributed by atoms with E-state index in [1.165, 1.54) is 0 Å².